The maximum absolute atomic E-state index is 14.4. The van der Waals surface area contributed by atoms with E-state index in [1.165, 1.54) is 30.3 Å². The number of carbonyl (C=O) groups excluding carboxylic acids is 1. The van der Waals surface area contributed by atoms with Crippen molar-refractivity contribution in [1.29, 1.82) is 0 Å². The van der Waals surface area contributed by atoms with Crippen molar-refractivity contribution in [3.8, 4) is 11.3 Å². The molecule has 3 rings (SSSR count). The van der Waals surface area contributed by atoms with E-state index in [0.29, 0.717) is 27.8 Å². The monoisotopic (exact) mass is 426 g/mol. The summed E-state index contributed by atoms with van der Waals surface area (Å²) in [5.41, 5.74) is 2.36. The Balaban J connectivity index is 1.94. The summed E-state index contributed by atoms with van der Waals surface area (Å²) >= 11 is 0. The molecular formula is C21H19F5N2O2. The molecule has 160 valence electrons. The van der Waals surface area contributed by atoms with E-state index in [2.05, 4.69) is 4.98 Å². The Morgan fingerprint density at radius 2 is 1.83 bits per heavy atom. The van der Waals surface area contributed by atoms with Gasteiger partial charge >= 0.3 is 6.18 Å². The predicted molar refractivity (Wildman–Crippen MR) is 102 cm³/mol. The molecule has 2 aromatic carbocycles. The number of aliphatic hydroxyl groups excluding tert-OH is 1. The third-order valence-corrected chi connectivity index (χ3v) is 4.76. The molecule has 1 atom stereocenters. The van der Waals surface area contributed by atoms with Crippen LogP contribution in [0, 0.1) is 18.6 Å². The lowest BCUT2D eigenvalue weighted by molar-refractivity contribution is -0.168. The van der Waals surface area contributed by atoms with Crippen LogP contribution in [0.2, 0.25) is 0 Å². The van der Waals surface area contributed by atoms with Crippen LogP contribution < -0.4 is 5.32 Å². The number of aliphatic hydroxyl groups is 1. The van der Waals surface area contributed by atoms with Crippen LogP contribution in [0.25, 0.3) is 22.2 Å². The summed E-state index contributed by atoms with van der Waals surface area (Å²) in [7, 11) is 0. The SMILES string of the molecule is Cc1cc(F)c2[nH]c(-c3ccc(F)cc3)c(CCC(=O)N[C@@H](CO)C(F)(F)F)c2c1. The van der Waals surface area contributed by atoms with Crippen LogP contribution in [-0.2, 0) is 11.2 Å². The molecule has 0 aliphatic heterocycles. The van der Waals surface area contributed by atoms with Crippen molar-refractivity contribution in [1.82, 2.24) is 10.3 Å². The average molecular weight is 426 g/mol. The molecule has 3 aromatic rings. The van der Waals surface area contributed by atoms with E-state index in [0.717, 1.165) is 0 Å². The fourth-order valence-corrected chi connectivity index (χ4v) is 3.30. The second-order valence-electron chi connectivity index (χ2n) is 7.00. The zero-order valence-electron chi connectivity index (χ0n) is 15.9. The van der Waals surface area contributed by atoms with Gasteiger partial charge in [0.1, 0.15) is 17.7 Å². The van der Waals surface area contributed by atoms with Gasteiger partial charge < -0.3 is 15.4 Å². The minimum atomic E-state index is -4.77. The molecule has 1 aromatic heterocycles. The summed E-state index contributed by atoms with van der Waals surface area (Å²) in [4.78, 5) is 15.0. The molecule has 1 heterocycles. The molecule has 9 heteroatoms. The summed E-state index contributed by atoms with van der Waals surface area (Å²) in [5, 5.41) is 11.1. The van der Waals surface area contributed by atoms with Crippen molar-refractivity contribution in [2.75, 3.05) is 6.61 Å². The van der Waals surface area contributed by atoms with Gasteiger partial charge in [-0.15, -0.1) is 0 Å². The Bertz CT molecular complexity index is 1060. The fourth-order valence-electron chi connectivity index (χ4n) is 3.30. The quantitative estimate of drug-likeness (QED) is 0.512. The number of benzene rings is 2. The van der Waals surface area contributed by atoms with Crippen LogP contribution in [0.15, 0.2) is 36.4 Å². The van der Waals surface area contributed by atoms with Gasteiger partial charge in [0.25, 0.3) is 0 Å². The van der Waals surface area contributed by atoms with Crippen LogP contribution in [0.3, 0.4) is 0 Å². The molecule has 0 fully saturated rings. The van der Waals surface area contributed by atoms with E-state index in [1.54, 1.807) is 18.3 Å². The number of rotatable bonds is 6. The number of hydrogen-bond acceptors (Lipinski definition) is 2. The number of H-pyrrole nitrogens is 1. The number of aryl methyl sites for hydroxylation is 2. The first-order chi connectivity index (χ1) is 14.1. The standard InChI is InChI=1S/C21H19F5N2O2/c1-11-8-15-14(6-7-18(30)27-17(10-29)21(24,25)26)19(28-20(15)16(23)9-11)12-2-4-13(22)5-3-12/h2-5,8-9,17,28-29H,6-7,10H2,1H3,(H,27,30)/t17-/m0/s1. The third-order valence-electron chi connectivity index (χ3n) is 4.76. The fraction of sp³-hybridized carbons (Fsp3) is 0.286. The molecule has 1 amide bonds. The Labute approximate surface area is 168 Å². The molecule has 4 nitrogen and oxygen atoms in total. The minimum Gasteiger partial charge on any atom is -0.394 e. The molecule has 0 unspecified atom stereocenters. The minimum absolute atomic E-state index is 0.0114. The van der Waals surface area contributed by atoms with Gasteiger partial charge in [-0.1, -0.05) is 0 Å². The first kappa shape index (κ1) is 21.8. The first-order valence-corrected chi connectivity index (χ1v) is 9.13. The van der Waals surface area contributed by atoms with Gasteiger partial charge in [-0.25, -0.2) is 8.78 Å². The van der Waals surface area contributed by atoms with Crippen molar-refractivity contribution in [2.24, 2.45) is 0 Å². The van der Waals surface area contributed by atoms with Crippen LogP contribution in [-0.4, -0.2) is 34.8 Å². The highest BCUT2D eigenvalue weighted by atomic mass is 19.4. The topological polar surface area (TPSA) is 65.1 Å². The second-order valence-corrected chi connectivity index (χ2v) is 7.00. The van der Waals surface area contributed by atoms with E-state index in [1.807, 2.05) is 0 Å². The number of aromatic nitrogens is 1. The molecule has 0 saturated heterocycles. The summed E-state index contributed by atoms with van der Waals surface area (Å²) in [6, 6.07) is 6.12. The van der Waals surface area contributed by atoms with Crippen LogP contribution in [0.5, 0.6) is 0 Å². The molecule has 3 N–H and O–H groups in total. The van der Waals surface area contributed by atoms with Crippen LogP contribution in [0.1, 0.15) is 17.5 Å². The van der Waals surface area contributed by atoms with Crippen molar-refractivity contribution >= 4 is 16.8 Å². The second kappa shape index (κ2) is 8.43. The van der Waals surface area contributed by atoms with Gasteiger partial charge in [0.15, 0.2) is 0 Å². The molecule has 0 saturated carbocycles. The van der Waals surface area contributed by atoms with Gasteiger partial charge in [0, 0.05) is 17.5 Å². The number of nitrogens with one attached hydrogen (secondary N) is 2. The zero-order chi connectivity index (χ0) is 22.1. The summed E-state index contributed by atoms with van der Waals surface area (Å²) in [6.07, 6.45) is -5.08. The third kappa shape index (κ3) is 4.62. The Morgan fingerprint density at radius 1 is 1.17 bits per heavy atom. The normalized spacial score (nSPS) is 12.9. The molecule has 0 bridgehead atoms. The van der Waals surface area contributed by atoms with Crippen molar-refractivity contribution in [2.45, 2.75) is 32.0 Å². The van der Waals surface area contributed by atoms with E-state index in [4.69, 9.17) is 5.11 Å². The number of alkyl halides is 3. The lowest BCUT2D eigenvalue weighted by Gasteiger charge is -2.19. The van der Waals surface area contributed by atoms with E-state index in [-0.39, 0.29) is 18.4 Å². The number of carbonyl (C=O) groups is 1. The maximum Gasteiger partial charge on any atom is 0.410 e. The number of aromatic amines is 1. The van der Waals surface area contributed by atoms with Gasteiger partial charge in [0.05, 0.1) is 12.1 Å². The van der Waals surface area contributed by atoms with E-state index in [9.17, 15) is 26.7 Å². The maximum atomic E-state index is 14.4. The average Bonchev–Trinajstić information content (AvgIpc) is 3.02. The summed E-state index contributed by atoms with van der Waals surface area (Å²) < 4.78 is 66.0. The van der Waals surface area contributed by atoms with E-state index < -0.39 is 36.4 Å². The highest BCUT2D eigenvalue weighted by Gasteiger charge is 2.40. The summed E-state index contributed by atoms with van der Waals surface area (Å²) in [6.45, 7) is 0.423. The number of amides is 1. The van der Waals surface area contributed by atoms with Gasteiger partial charge in [-0.3, -0.25) is 4.79 Å². The molecule has 0 spiro atoms. The molecular weight excluding hydrogens is 407 g/mol. The summed E-state index contributed by atoms with van der Waals surface area (Å²) in [5.74, 6) is -1.87. The number of halogens is 5. The highest BCUT2D eigenvalue weighted by Crippen LogP contribution is 2.33. The van der Waals surface area contributed by atoms with Crippen molar-refractivity contribution in [3.63, 3.8) is 0 Å². The molecule has 0 aliphatic rings. The number of hydrogen-bond donors (Lipinski definition) is 3. The smallest absolute Gasteiger partial charge is 0.394 e. The van der Waals surface area contributed by atoms with Crippen LogP contribution in [0.4, 0.5) is 22.0 Å². The number of fused-ring (bicyclic) bond motifs is 1. The predicted octanol–water partition coefficient (Wildman–Crippen LogP) is 4.39. The Kier molecular flexibility index (Phi) is 6.12. The lowest BCUT2D eigenvalue weighted by atomic mass is 10.00. The van der Waals surface area contributed by atoms with Crippen molar-refractivity contribution < 1.29 is 31.9 Å². The lowest BCUT2D eigenvalue weighted by Crippen LogP contribution is -2.47. The molecule has 0 aliphatic carbocycles. The van der Waals surface area contributed by atoms with Crippen LogP contribution >= 0.6 is 0 Å². The Morgan fingerprint density at radius 3 is 2.43 bits per heavy atom. The van der Waals surface area contributed by atoms with Gasteiger partial charge in [-0.2, -0.15) is 13.2 Å². The Hall–Kier alpha value is -2.94. The van der Waals surface area contributed by atoms with Crippen molar-refractivity contribution in [3.05, 3.63) is 59.2 Å². The largest absolute Gasteiger partial charge is 0.410 e. The van der Waals surface area contributed by atoms with Gasteiger partial charge in [0.2, 0.25) is 5.91 Å². The molecule has 30 heavy (non-hydrogen) atoms. The highest BCUT2D eigenvalue weighted by molar-refractivity contribution is 5.92. The first-order valence-electron chi connectivity index (χ1n) is 9.13. The molecule has 0 radical (unpaired) electrons. The zero-order valence-corrected chi connectivity index (χ0v) is 15.9. The van der Waals surface area contributed by atoms with Gasteiger partial charge in [-0.05, 0) is 66.4 Å². The van der Waals surface area contributed by atoms with E-state index >= 15 is 0 Å².